The third kappa shape index (κ3) is 3.44. The van der Waals surface area contributed by atoms with E-state index in [1.54, 1.807) is 12.1 Å². The van der Waals surface area contributed by atoms with E-state index in [1.807, 2.05) is 0 Å². The first kappa shape index (κ1) is 16.4. The molecule has 0 saturated carbocycles. The average Bonchev–Trinajstić information content (AvgIpc) is 2.68. The number of hydrogen-bond acceptors (Lipinski definition) is 5. The number of benzene rings is 1. The molecule has 0 unspecified atom stereocenters. The summed E-state index contributed by atoms with van der Waals surface area (Å²) in [6.07, 6.45) is 0. The van der Waals surface area contributed by atoms with Crippen LogP contribution in [0, 0.1) is 6.92 Å². The first-order valence-corrected chi connectivity index (χ1v) is 9.24. The molecule has 0 saturated heterocycles. The summed E-state index contributed by atoms with van der Waals surface area (Å²) in [5.74, 6) is -1.23. The maximum Gasteiger partial charge on any atom is 0.340 e. The minimum atomic E-state index is -3.91. The van der Waals surface area contributed by atoms with Gasteiger partial charge in [-0.3, -0.25) is 4.72 Å². The number of nitrogens with one attached hydrogen (secondary N) is 1. The van der Waals surface area contributed by atoms with Gasteiger partial charge in [0.25, 0.3) is 10.0 Å². The van der Waals surface area contributed by atoms with Crippen molar-refractivity contribution in [2.45, 2.75) is 11.8 Å². The highest BCUT2D eigenvalue weighted by atomic mass is 79.9. The minimum absolute atomic E-state index is 0.00749. The molecule has 0 atom stereocenters. The Kier molecular flexibility index (Phi) is 4.71. The van der Waals surface area contributed by atoms with Crippen LogP contribution in [0.15, 0.2) is 32.0 Å². The standard InChI is InChI=1S/C11H8Br2N2O4S2/c1-5-9(11(16)17)10(20-14-5)15-21(18,19)8-3-2-6(12)4-7(8)13/h2-4,15H,1H3,(H,16,17). The summed E-state index contributed by atoms with van der Waals surface area (Å²) in [6, 6.07) is 4.57. The van der Waals surface area contributed by atoms with Gasteiger partial charge in [0, 0.05) is 8.95 Å². The maximum atomic E-state index is 12.3. The number of nitrogens with zero attached hydrogens (tertiary/aromatic N) is 1. The van der Waals surface area contributed by atoms with Crippen molar-refractivity contribution >= 4 is 64.4 Å². The van der Waals surface area contributed by atoms with Gasteiger partial charge in [-0.2, -0.15) is 4.37 Å². The van der Waals surface area contributed by atoms with E-state index in [2.05, 4.69) is 41.0 Å². The summed E-state index contributed by atoms with van der Waals surface area (Å²) >= 11 is 7.19. The molecular formula is C11H8Br2N2O4S2. The van der Waals surface area contributed by atoms with E-state index >= 15 is 0 Å². The van der Waals surface area contributed by atoms with Crippen LogP contribution in [-0.4, -0.2) is 23.9 Å². The van der Waals surface area contributed by atoms with Crippen molar-refractivity contribution in [3.63, 3.8) is 0 Å². The first-order valence-electron chi connectivity index (χ1n) is 5.40. The Morgan fingerprint density at radius 3 is 2.62 bits per heavy atom. The van der Waals surface area contributed by atoms with Crippen molar-refractivity contribution in [3.8, 4) is 0 Å². The predicted molar refractivity (Wildman–Crippen MR) is 86.5 cm³/mol. The lowest BCUT2D eigenvalue weighted by molar-refractivity contribution is 0.0697. The largest absolute Gasteiger partial charge is 0.478 e. The van der Waals surface area contributed by atoms with Gasteiger partial charge in [0.2, 0.25) is 0 Å². The molecule has 0 fully saturated rings. The third-order valence-corrected chi connectivity index (χ3v) is 6.29. The number of rotatable bonds is 4. The zero-order valence-corrected chi connectivity index (χ0v) is 15.2. The third-order valence-electron chi connectivity index (χ3n) is 2.49. The number of hydrogen-bond donors (Lipinski definition) is 2. The van der Waals surface area contributed by atoms with E-state index in [0.29, 0.717) is 8.95 Å². The summed E-state index contributed by atoms with van der Waals surface area (Å²) < 4.78 is 31.9. The number of carboxylic acid groups (broad SMARTS) is 1. The first-order chi connectivity index (χ1) is 9.72. The van der Waals surface area contributed by atoms with Gasteiger partial charge in [-0.1, -0.05) is 15.9 Å². The van der Waals surface area contributed by atoms with E-state index < -0.39 is 16.0 Å². The van der Waals surface area contributed by atoms with E-state index in [4.69, 9.17) is 5.11 Å². The number of aryl methyl sites for hydroxylation is 1. The van der Waals surface area contributed by atoms with Gasteiger partial charge in [-0.25, -0.2) is 13.2 Å². The van der Waals surface area contributed by atoms with Crippen LogP contribution in [0.4, 0.5) is 5.00 Å². The lowest BCUT2D eigenvalue weighted by Crippen LogP contribution is -2.15. The highest BCUT2D eigenvalue weighted by Crippen LogP contribution is 2.30. The summed E-state index contributed by atoms with van der Waals surface area (Å²) in [5.41, 5.74) is 0.122. The molecule has 21 heavy (non-hydrogen) atoms. The van der Waals surface area contributed by atoms with Crippen molar-refractivity contribution in [2.24, 2.45) is 0 Å². The average molecular weight is 456 g/mol. The zero-order chi connectivity index (χ0) is 15.8. The van der Waals surface area contributed by atoms with Gasteiger partial charge in [-0.05, 0) is 52.6 Å². The van der Waals surface area contributed by atoms with Crippen LogP contribution in [0.2, 0.25) is 0 Å². The summed E-state index contributed by atoms with van der Waals surface area (Å²) in [7, 11) is -3.91. The van der Waals surface area contributed by atoms with Crippen LogP contribution in [0.25, 0.3) is 0 Å². The molecule has 1 aromatic heterocycles. The number of aromatic nitrogens is 1. The normalized spacial score (nSPS) is 11.4. The van der Waals surface area contributed by atoms with Crippen molar-refractivity contribution in [1.82, 2.24) is 4.37 Å². The number of carboxylic acids is 1. The van der Waals surface area contributed by atoms with E-state index in [-0.39, 0.29) is 21.2 Å². The maximum absolute atomic E-state index is 12.3. The Morgan fingerprint density at radius 1 is 1.38 bits per heavy atom. The second kappa shape index (κ2) is 6.03. The van der Waals surface area contributed by atoms with Gasteiger partial charge in [0.1, 0.15) is 15.5 Å². The van der Waals surface area contributed by atoms with Crippen molar-refractivity contribution in [3.05, 3.63) is 38.4 Å². The smallest absolute Gasteiger partial charge is 0.340 e. The summed E-state index contributed by atoms with van der Waals surface area (Å²) in [5, 5.41) is 9.09. The molecule has 6 nitrogen and oxygen atoms in total. The molecule has 1 aromatic carbocycles. The summed E-state index contributed by atoms with van der Waals surface area (Å²) in [4.78, 5) is 11.2. The molecule has 0 aliphatic carbocycles. The van der Waals surface area contributed by atoms with Gasteiger partial charge in [-0.15, -0.1) is 0 Å². The molecule has 0 amide bonds. The topological polar surface area (TPSA) is 96.4 Å². The van der Waals surface area contributed by atoms with Crippen LogP contribution in [0.5, 0.6) is 0 Å². The fourth-order valence-corrected chi connectivity index (χ4v) is 5.39. The Hall–Kier alpha value is -0.970. The number of aromatic carboxylic acids is 1. The zero-order valence-electron chi connectivity index (χ0n) is 10.4. The van der Waals surface area contributed by atoms with Crippen molar-refractivity contribution in [1.29, 1.82) is 0 Å². The van der Waals surface area contributed by atoms with E-state index in [1.165, 1.54) is 13.0 Å². The number of sulfonamides is 1. The van der Waals surface area contributed by atoms with Gasteiger partial charge in [0.05, 0.1) is 5.69 Å². The fourth-order valence-electron chi connectivity index (χ4n) is 1.56. The Labute approximate surface area is 141 Å². The molecule has 1 heterocycles. The SMILES string of the molecule is Cc1nsc(NS(=O)(=O)c2ccc(Br)cc2Br)c1C(=O)O. The van der Waals surface area contributed by atoms with Crippen LogP contribution >= 0.6 is 43.4 Å². The van der Waals surface area contributed by atoms with Crippen LogP contribution in [0.1, 0.15) is 16.1 Å². The van der Waals surface area contributed by atoms with Crippen molar-refractivity contribution in [2.75, 3.05) is 4.72 Å². The highest BCUT2D eigenvalue weighted by Gasteiger charge is 2.24. The monoisotopic (exact) mass is 454 g/mol. The molecule has 10 heteroatoms. The molecule has 0 aliphatic rings. The Bertz CT molecular complexity index is 818. The number of halogens is 2. The van der Waals surface area contributed by atoms with E-state index in [9.17, 15) is 13.2 Å². The lowest BCUT2D eigenvalue weighted by Gasteiger charge is -2.09. The number of carbonyl (C=O) groups is 1. The Morgan fingerprint density at radius 2 is 2.05 bits per heavy atom. The Balaban J connectivity index is 2.45. The summed E-state index contributed by atoms with van der Waals surface area (Å²) in [6.45, 7) is 1.51. The molecule has 2 N–H and O–H groups in total. The quantitative estimate of drug-likeness (QED) is 0.735. The van der Waals surface area contributed by atoms with Crippen LogP contribution in [-0.2, 0) is 10.0 Å². The van der Waals surface area contributed by atoms with Gasteiger partial charge >= 0.3 is 5.97 Å². The second-order valence-electron chi connectivity index (χ2n) is 3.96. The molecule has 0 spiro atoms. The van der Waals surface area contributed by atoms with Crippen molar-refractivity contribution < 1.29 is 18.3 Å². The molecular weight excluding hydrogens is 448 g/mol. The molecule has 112 valence electrons. The highest BCUT2D eigenvalue weighted by molar-refractivity contribution is 9.11. The molecule has 2 aromatic rings. The second-order valence-corrected chi connectivity index (χ2v) is 8.15. The number of anilines is 1. The minimum Gasteiger partial charge on any atom is -0.478 e. The lowest BCUT2D eigenvalue weighted by atomic mass is 10.2. The van der Waals surface area contributed by atoms with Crippen LogP contribution < -0.4 is 4.72 Å². The van der Waals surface area contributed by atoms with Gasteiger partial charge < -0.3 is 5.11 Å². The molecule has 0 radical (unpaired) electrons. The molecule has 2 rings (SSSR count). The van der Waals surface area contributed by atoms with Crippen LogP contribution in [0.3, 0.4) is 0 Å². The van der Waals surface area contributed by atoms with Gasteiger partial charge in [0.15, 0.2) is 0 Å². The molecule has 0 bridgehead atoms. The fraction of sp³-hybridized carbons (Fsp3) is 0.0909. The predicted octanol–water partition coefficient (Wildman–Crippen LogP) is 3.48. The van der Waals surface area contributed by atoms with E-state index in [0.717, 1.165) is 11.5 Å². The molecule has 0 aliphatic heterocycles.